The summed E-state index contributed by atoms with van der Waals surface area (Å²) in [6.45, 7) is 12.2. The summed E-state index contributed by atoms with van der Waals surface area (Å²) < 4.78 is 35.0. The summed E-state index contributed by atoms with van der Waals surface area (Å²) in [6, 6.07) is 3.69. The summed E-state index contributed by atoms with van der Waals surface area (Å²) in [5.41, 5.74) is 1.09. The van der Waals surface area contributed by atoms with Crippen LogP contribution in [0.1, 0.15) is 39.0 Å². The second-order valence-corrected chi connectivity index (χ2v) is 21.3. The lowest BCUT2D eigenvalue weighted by atomic mass is 9.50. The van der Waals surface area contributed by atoms with Crippen molar-refractivity contribution in [3.05, 3.63) is 11.6 Å². The van der Waals surface area contributed by atoms with Gasteiger partial charge in [0.05, 0.1) is 30.1 Å². The van der Waals surface area contributed by atoms with Crippen molar-refractivity contribution < 1.29 is 28.4 Å². The molecule has 2 bridgehead atoms. The normalized spacial score (nSPS) is 40.4. The number of fused-ring (bicyclic) bond motifs is 3. The first-order valence-corrected chi connectivity index (χ1v) is 20.0. The van der Waals surface area contributed by atoms with E-state index in [0.717, 1.165) is 38.3 Å². The van der Waals surface area contributed by atoms with Crippen LogP contribution in [-0.2, 0) is 28.4 Å². The van der Waals surface area contributed by atoms with Gasteiger partial charge >= 0.3 is 0 Å². The van der Waals surface area contributed by atoms with Gasteiger partial charge in [0.25, 0.3) is 0 Å². The van der Waals surface area contributed by atoms with Gasteiger partial charge in [-0.3, -0.25) is 0 Å². The highest BCUT2D eigenvalue weighted by atomic mass is 35.5. The van der Waals surface area contributed by atoms with E-state index < -0.39 is 17.7 Å². The van der Waals surface area contributed by atoms with Crippen molar-refractivity contribution in [3.63, 3.8) is 0 Å². The van der Waals surface area contributed by atoms with Gasteiger partial charge in [-0.25, -0.2) is 0 Å². The van der Waals surface area contributed by atoms with Crippen molar-refractivity contribution in [2.75, 3.05) is 60.7 Å². The van der Waals surface area contributed by atoms with Crippen molar-refractivity contribution in [3.8, 4) is 6.07 Å². The smallest absolute Gasteiger partial charge is 0.149 e. The van der Waals surface area contributed by atoms with Gasteiger partial charge in [0, 0.05) is 40.2 Å². The second-order valence-electron chi connectivity index (χ2n) is 13.9. The molecule has 3 saturated carbocycles. The van der Waals surface area contributed by atoms with Crippen LogP contribution in [-0.4, -0.2) is 84.5 Å². The number of alkyl halides is 1. The highest BCUT2D eigenvalue weighted by molar-refractivity contribution is 8.00. The maximum absolute atomic E-state index is 10.5. The van der Waals surface area contributed by atoms with E-state index in [-0.39, 0.29) is 48.3 Å². The first-order valence-electron chi connectivity index (χ1n) is 14.7. The lowest BCUT2D eigenvalue weighted by molar-refractivity contribution is -0.179. The zero-order valence-electron chi connectivity index (χ0n) is 25.6. The highest BCUT2D eigenvalue weighted by Crippen LogP contribution is 2.75. The van der Waals surface area contributed by atoms with Gasteiger partial charge in [0.2, 0.25) is 0 Å². The van der Waals surface area contributed by atoms with Gasteiger partial charge in [-0.2, -0.15) is 17.0 Å². The minimum Gasteiger partial charge on any atom is -0.359 e. The maximum atomic E-state index is 10.5. The van der Waals surface area contributed by atoms with Crippen molar-refractivity contribution in [1.29, 1.82) is 5.26 Å². The zero-order valence-corrected chi connectivity index (χ0v) is 28.1. The van der Waals surface area contributed by atoms with E-state index in [2.05, 4.69) is 45.0 Å². The molecule has 1 unspecified atom stereocenters. The number of rotatable bonds is 15. The molecule has 228 valence electrons. The van der Waals surface area contributed by atoms with Crippen LogP contribution in [0.25, 0.3) is 0 Å². The lowest BCUT2D eigenvalue weighted by Crippen LogP contribution is -2.60. The van der Waals surface area contributed by atoms with E-state index in [9.17, 15) is 5.26 Å². The molecule has 5 rings (SSSR count). The number of methoxy groups -OCH3 is 2. The Morgan fingerprint density at radius 1 is 1.05 bits per heavy atom. The molecule has 10 heteroatoms. The highest BCUT2D eigenvalue weighted by Gasteiger charge is 2.73. The predicted octanol–water partition coefficient (Wildman–Crippen LogP) is 6.30. The van der Waals surface area contributed by atoms with Crippen LogP contribution in [0, 0.1) is 39.9 Å². The Labute approximate surface area is 251 Å². The number of nitrogens with zero attached hydrogens (tertiary/aromatic N) is 1. The number of nitriles is 1. The third-order valence-corrected chi connectivity index (χ3v) is 14.0. The summed E-state index contributed by atoms with van der Waals surface area (Å²) >= 11 is 9.03. The Kier molecular flexibility index (Phi) is 10.5. The van der Waals surface area contributed by atoms with Crippen molar-refractivity contribution >= 4 is 31.4 Å². The Bertz CT molecular complexity index is 959. The Morgan fingerprint density at radius 3 is 2.42 bits per heavy atom. The number of thioether (sulfide) groups is 1. The molecule has 0 aromatic rings. The molecule has 0 aliphatic heterocycles. The molecule has 8 atom stereocenters. The standard InChI is InChI=1S/C30H50ClNO6SSi/c1-27(18-37-20-34-3)9-8-24(38-21-35-12-13-40(5,6)7)26-25(27)22(15-36-19-33-2)23-14-30(39-4)11-10-28(23,26)16-29(30,31)17-32/h14,22,24-26H,8-13,15-16,18-21H2,1-7H3/t22-,24-,25+,26+,27+,28+,29?,30+/m1/s1. The number of hydrogen-bond donors (Lipinski definition) is 0. The summed E-state index contributed by atoms with van der Waals surface area (Å²) in [4.78, 5) is -0.959. The van der Waals surface area contributed by atoms with E-state index in [0.29, 0.717) is 26.4 Å². The van der Waals surface area contributed by atoms with Gasteiger partial charge in [-0.1, -0.05) is 38.2 Å². The van der Waals surface area contributed by atoms with E-state index in [1.54, 1.807) is 26.0 Å². The van der Waals surface area contributed by atoms with Crippen LogP contribution < -0.4 is 0 Å². The first-order chi connectivity index (χ1) is 18.9. The molecule has 5 aliphatic carbocycles. The van der Waals surface area contributed by atoms with Crippen LogP contribution in [0.2, 0.25) is 25.7 Å². The molecule has 0 heterocycles. The summed E-state index contributed by atoms with van der Waals surface area (Å²) in [5, 5.41) is 10.5. The average molecular weight is 616 g/mol. The Morgan fingerprint density at radius 2 is 1.77 bits per heavy atom. The maximum Gasteiger partial charge on any atom is 0.149 e. The van der Waals surface area contributed by atoms with Gasteiger partial charge in [-0.05, 0) is 61.7 Å². The molecule has 3 fully saturated rings. The fourth-order valence-corrected chi connectivity index (χ4v) is 10.7. The van der Waals surface area contributed by atoms with E-state index in [4.69, 9.17) is 40.0 Å². The van der Waals surface area contributed by atoms with Gasteiger partial charge < -0.3 is 28.4 Å². The van der Waals surface area contributed by atoms with Crippen LogP contribution >= 0.6 is 23.4 Å². The molecule has 0 aromatic carbocycles. The third-order valence-electron chi connectivity index (χ3n) is 10.2. The topological polar surface area (TPSA) is 79.2 Å². The Hall–Kier alpha value is -0.153. The lowest BCUT2D eigenvalue weighted by Gasteiger charge is -2.60. The van der Waals surface area contributed by atoms with Gasteiger partial charge in [0.1, 0.15) is 25.3 Å². The summed E-state index contributed by atoms with van der Waals surface area (Å²) in [6.07, 6.45) is 8.91. The zero-order chi connectivity index (χ0) is 29.2. The van der Waals surface area contributed by atoms with E-state index >= 15 is 0 Å². The molecular formula is C30H50ClNO6SSi. The summed E-state index contributed by atoms with van der Waals surface area (Å²) in [7, 11) is 2.14. The molecule has 0 saturated heterocycles. The molecule has 5 aliphatic rings. The minimum absolute atomic E-state index is 0.0164. The van der Waals surface area contributed by atoms with Crippen molar-refractivity contribution in [1.82, 2.24) is 0 Å². The van der Waals surface area contributed by atoms with Crippen LogP contribution in [0.5, 0.6) is 0 Å². The third kappa shape index (κ3) is 5.96. The quantitative estimate of drug-likeness (QED) is 0.0698. The molecule has 0 radical (unpaired) electrons. The van der Waals surface area contributed by atoms with Gasteiger partial charge in [-0.15, -0.1) is 11.6 Å². The van der Waals surface area contributed by atoms with Gasteiger partial charge in [0.15, 0.2) is 0 Å². The average Bonchev–Trinajstić information content (AvgIpc) is 3.20. The van der Waals surface area contributed by atoms with E-state index in [1.807, 2.05) is 0 Å². The monoisotopic (exact) mass is 615 g/mol. The number of hydrogen-bond acceptors (Lipinski definition) is 8. The van der Waals surface area contributed by atoms with Crippen LogP contribution in [0.3, 0.4) is 0 Å². The fraction of sp³-hybridized carbons (Fsp3) is 0.900. The predicted molar refractivity (Wildman–Crippen MR) is 162 cm³/mol. The molecule has 40 heavy (non-hydrogen) atoms. The van der Waals surface area contributed by atoms with Crippen LogP contribution in [0.15, 0.2) is 11.6 Å². The largest absolute Gasteiger partial charge is 0.359 e. The number of halogens is 1. The minimum atomic E-state index is -1.18. The summed E-state index contributed by atoms with van der Waals surface area (Å²) in [5.74, 6) is 0.595. The van der Waals surface area contributed by atoms with Crippen molar-refractivity contribution in [2.24, 2.45) is 28.6 Å². The number of ether oxygens (including phenoxy) is 6. The molecule has 0 N–H and O–H groups in total. The molecular weight excluding hydrogens is 566 g/mol. The second kappa shape index (κ2) is 12.8. The molecule has 1 spiro atoms. The van der Waals surface area contributed by atoms with Crippen LogP contribution in [0.4, 0.5) is 0 Å². The molecule has 7 nitrogen and oxygen atoms in total. The SMILES string of the molecule is COCOC[C@@H]1C2=C[C@@]3(SC)CC[C@@]2(CC3(Cl)C#N)[C@@H]2[C@H]1[C@](C)(COCOC)CC[C@H]2OCOCC[Si](C)(C)C. The first kappa shape index (κ1) is 32.8. The fourth-order valence-electron chi connectivity index (χ4n) is 8.37. The molecule has 0 amide bonds. The molecule has 0 aromatic heterocycles. The van der Waals surface area contributed by atoms with E-state index in [1.165, 1.54) is 5.57 Å². The van der Waals surface area contributed by atoms with Crippen molar-refractivity contribution in [2.45, 2.75) is 80.4 Å². The Balaban J connectivity index is 1.72.